The van der Waals surface area contributed by atoms with Crippen molar-refractivity contribution in [1.29, 1.82) is 0 Å². The molecule has 0 spiro atoms. The van der Waals surface area contributed by atoms with Gasteiger partial charge in [-0.2, -0.15) is 5.10 Å². The minimum Gasteiger partial charge on any atom is -0.317 e. The molecule has 4 nitrogen and oxygen atoms in total. The SMILES string of the molecule is Cl.c1ccc(-n2cccn2)c(CNCC2CCNCC2)c1. The Morgan fingerprint density at radius 3 is 2.76 bits per heavy atom. The first-order chi connectivity index (χ1) is 9.93. The standard InChI is InChI=1S/C16H22N4.ClH/c1-2-5-16(20-11-3-8-19-20)15(4-1)13-18-12-14-6-9-17-10-7-14;/h1-5,8,11,14,17-18H,6-7,9-10,12-13H2;1H. The average molecular weight is 307 g/mol. The van der Waals surface area contributed by atoms with Crippen LogP contribution in [0.15, 0.2) is 42.7 Å². The van der Waals surface area contributed by atoms with Crippen LogP contribution in [0.3, 0.4) is 0 Å². The Hall–Kier alpha value is -1.36. The molecule has 5 heteroatoms. The molecule has 0 saturated carbocycles. The van der Waals surface area contributed by atoms with Crippen LogP contribution in [0, 0.1) is 5.92 Å². The first-order valence-electron chi connectivity index (χ1n) is 7.43. The number of piperidine rings is 1. The summed E-state index contributed by atoms with van der Waals surface area (Å²) >= 11 is 0. The van der Waals surface area contributed by atoms with Gasteiger partial charge in [-0.05, 0) is 56.1 Å². The summed E-state index contributed by atoms with van der Waals surface area (Å²) in [6.07, 6.45) is 6.38. The molecule has 21 heavy (non-hydrogen) atoms. The van der Waals surface area contributed by atoms with Gasteiger partial charge in [0, 0.05) is 18.9 Å². The van der Waals surface area contributed by atoms with Crippen LogP contribution in [0.1, 0.15) is 18.4 Å². The van der Waals surface area contributed by atoms with E-state index >= 15 is 0 Å². The summed E-state index contributed by atoms with van der Waals surface area (Å²) in [5.74, 6) is 0.813. The molecule has 0 aliphatic carbocycles. The summed E-state index contributed by atoms with van der Waals surface area (Å²) in [7, 11) is 0. The molecule has 0 radical (unpaired) electrons. The number of aromatic nitrogens is 2. The second kappa shape index (κ2) is 8.17. The Morgan fingerprint density at radius 1 is 1.19 bits per heavy atom. The van der Waals surface area contributed by atoms with Crippen LogP contribution in [0.25, 0.3) is 5.69 Å². The first-order valence-corrected chi connectivity index (χ1v) is 7.43. The summed E-state index contributed by atoms with van der Waals surface area (Å²) in [5, 5.41) is 11.3. The highest BCUT2D eigenvalue weighted by molar-refractivity contribution is 5.85. The van der Waals surface area contributed by atoms with E-state index in [1.54, 1.807) is 0 Å². The Labute approximate surface area is 132 Å². The van der Waals surface area contributed by atoms with Crippen molar-refractivity contribution in [2.45, 2.75) is 19.4 Å². The maximum absolute atomic E-state index is 4.33. The van der Waals surface area contributed by atoms with E-state index in [2.05, 4.69) is 40.0 Å². The quantitative estimate of drug-likeness (QED) is 0.891. The molecule has 0 unspecified atom stereocenters. The molecule has 1 saturated heterocycles. The van der Waals surface area contributed by atoms with Gasteiger partial charge in [-0.25, -0.2) is 4.68 Å². The van der Waals surface area contributed by atoms with Gasteiger partial charge < -0.3 is 10.6 Å². The van der Waals surface area contributed by atoms with Gasteiger partial charge in [-0.15, -0.1) is 12.4 Å². The zero-order valence-electron chi connectivity index (χ0n) is 12.2. The lowest BCUT2D eigenvalue weighted by Gasteiger charge is -2.23. The van der Waals surface area contributed by atoms with Crippen LogP contribution < -0.4 is 10.6 Å². The number of nitrogens with one attached hydrogen (secondary N) is 2. The average Bonchev–Trinajstić information content (AvgIpc) is 3.03. The lowest BCUT2D eigenvalue weighted by Crippen LogP contribution is -2.33. The van der Waals surface area contributed by atoms with Crippen molar-refractivity contribution in [1.82, 2.24) is 20.4 Å². The molecule has 1 fully saturated rings. The molecular formula is C16H23ClN4. The summed E-state index contributed by atoms with van der Waals surface area (Å²) < 4.78 is 1.93. The van der Waals surface area contributed by atoms with Crippen molar-refractivity contribution < 1.29 is 0 Å². The maximum atomic E-state index is 4.33. The van der Waals surface area contributed by atoms with E-state index in [4.69, 9.17) is 0 Å². The molecule has 2 aromatic rings. The number of para-hydroxylation sites is 1. The van der Waals surface area contributed by atoms with Gasteiger partial charge in [0.1, 0.15) is 0 Å². The third-order valence-corrected chi connectivity index (χ3v) is 3.95. The van der Waals surface area contributed by atoms with Crippen LogP contribution in [0.2, 0.25) is 0 Å². The summed E-state index contributed by atoms with van der Waals surface area (Å²) in [6, 6.07) is 10.4. The predicted molar refractivity (Wildman–Crippen MR) is 88.1 cm³/mol. The molecule has 0 amide bonds. The van der Waals surface area contributed by atoms with Crippen molar-refractivity contribution in [2.24, 2.45) is 5.92 Å². The van der Waals surface area contributed by atoms with E-state index in [-0.39, 0.29) is 12.4 Å². The van der Waals surface area contributed by atoms with Crippen LogP contribution >= 0.6 is 12.4 Å². The summed E-state index contributed by atoms with van der Waals surface area (Å²) in [6.45, 7) is 4.33. The molecule has 2 N–H and O–H groups in total. The largest absolute Gasteiger partial charge is 0.317 e. The van der Waals surface area contributed by atoms with Crippen molar-refractivity contribution in [3.05, 3.63) is 48.3 Å². The van der Waals surface area contributed by atoms with E-state index in [9.17, 15) is 0 Å². The van der Waals surface area contributed by atoms with Gasteiger partial charge in [-0.1, -0.05) is 18.2 Å². The monoisotopic (exact) mass is 306 g/mol. The van der Waals surface area contributed by atoms with Gasteiger partial charge in [0.05, 0.1) is 5.69 Å². The Bertz CT molecular complexity index is 521. The Morgan fingerprint density at radius 2 is 2.00 bits per heavy atom. The number of hydrogen-bond acceptors (Lipinski definition) is 3. The predicted octanol–water partition coefficient (Wildman–Crippen LogP) is 2.38. The van der Waals surface area contributed by atoms with Crippen molar-refractivity contribution in [3.63, 3.8) is 0 Å². The van der Waals surface area contributed by atoms with Gasteiger partial charge in [0.2, 0.25) is 0 Å². The number of hydrogen-bond donors (Lipinski definition) is 2. The molecule has 114 valence electrons. The highest BCUT2D eigenvalue weighted by atomic mass is 35.5. The molecular weight excluding hydrogens is 284 g/mol. The van der Waals surface area contributed by atoms with Crippen LogP contribution in [0.5, 0.6) is 0 Å². The van der Waals surface area contributed by atoms with E-state index in [1.165, 1.54) is 18.4 Å². The fourth-order valence-corrected chi connectivity index (χ4v) is 2.79. The second-order valence-electron chi connectivity index (χ2n) is 5.40. The van der Waals surface area contributed by atoms with E-state index in [1.807, 2.05) is 23.1 Å². The highest BCUT2D eigenvalue weighted by Gasteiger charge is 2.12. The third-order valence-electron chi connectivity index (χ3n) is 3.95. The van der Waals surface area contributed by atoms with Crippen molar-refractivity contribution in [3.8, 4) is 5.69 Å². The second-order valence-corrected chi connectivity index (χ2v) is 5.40. The number of benzene rings is 1. The van der Waals surface area contributed by atoms with E-state index < -0.39 is 0 Å². The number of halogens is 1. The number of nitrogens with zero attached hydrogens (tertiary/aromatic N) is 2. The van der Waals surface area contributed by atoms with Crippen molar-refractivity contribution in [2.75, 3.05) is 19.6 Å². The summed E-state index contributed by atoms with van der Waals surface area (Å²) in [4.78, 5) is 0. The molecule has 1 aromatic heterocycles. The van der Waals surface area contributed by atoms with Crippen LogP contribution in [-0.2, 0) is 6.54 Å². The highest BCUT2D eigenvalue weighted by Crippen LogP contribution is 2.14. The molecule has 1 aliphatic rings. The molecule has 0 atom stereocenters. The van der Waals surface area contributed by atoms with Gasteiger partial charge >= 0.3 is 0 Å². The lowest BCUT2D eigenvalue weighted by atomic mass is 9.98. The molecule has 3 rings (SSSR count). The van der Waals surface area contributed by atoms with Gasteiger partial charge in [0.25, 0.3) is 0 Å². The first kappa shape index (κ1) is 16.0. The fraction of sp³-hybridized carbons (Fsp3) is 0.438. The molecule has 2 heterocycles. The van der Waals surface area contributed by atoms with E-state index in [0.717, 1.165) is 37.8 Å². The third kappa shape index (κ3) is 4.30. The lowest BCUT2D eigenvalue weighted by molar-refractivity contribution is 0.356. The zero-order chi connectivity index (χ0) is 13.6. The van der Waals surface area contributed by atoms with Crippen LogP contribution in [-0.4, -0.2) is 29.4 Å². The van der Waals surface area contributed by atoms with Gasteiger partial charge in [0.15, 0.2) is 0 Å². The fourth-order valence-electron chi connectivity index (χ4n) is 2.79. The smallest absolute Gasteiger partial charge is 0.0690 e. The summed E-state index contributed by atoms with van der Waals surface area (Å²) in [5.41, 5.74) is 2.46. The van der Waals surface area contributed by atoms with E-state index in [0.29, 0.717) is 0 Å². The topological polar surface area (TPSA) is 41.9 Å². The maximum Gasteiger partial charge on any atom is 0.0690 e. The van der Waals surface area contributed by atoms with Crippen LogP contribution in [0.4, 0.5) is 0 Å². The molecule has 0 bridgehead atoms. The minimum absolute atomic E-state index is 0. The van der Waals surface area contributed by atoms with Gasteiger partial charge in [-0.3, -0.25) is 0 Å². The zero-order valence-corrected chi connectivity index (χ0v) is 13.0. The Kier molecular flexibility index (Phi) is 6.23. The molecule has 1 aromatic carbocycles. The van der Waals surface area contributed by atoms with Crippen molar-refractivity contribution >= 4 is 12.4 Å². The number of rotatable bonds is 5. The molecule has 1 aliphatic heterocycles. The Balaban J connectivity index is 0.00000161. The minimum atomic E-state index is 0. The normalized spacial score (nSPS) is 15.6.